The summed E-state index contributed by atoms with van der Waals surface area (Å²) in [4.78, 5) is 2.19. The van der Waals surface area contributed by atoms with Crippen molar-refractivity contribution >= 4 is 11.6 Å². The smallest absolute Gasteiger partial charge is 0.0931 e. The van der Waals surface area contributed by atoms with Crippen molar-refractivity contribution in [3.05, 3.63) is 34.9 Å². The lowest BCUT2D eigenvalue weighted by Gasteiger charge is -2.28. The fourth-order valence-electron chi connectivity index (χ4n) is 1.87. The topological polar surface area (TPSA) is 32.7 Å². The molecule has 0 unspecified atom stereocenters. The Morgan fingerprint density at radius 3 is 2.69 bits per heavy atom. The SMILES string of the molecule is O[C@H](CN1CCOCC1)c1ccccc1Cl. The van der Waals surface area contributed by atoms with E-state index in [9.17, 15) is 5.11 Å². The third-order valence-electron chi connectivity index (χ3n) is 2.80. The van der Waals surface area contributed by atoms with Crippen molar-refractivity contribution in [1.82, 2.24) is 4.90 Å². The van der Waals surface area contributed by atoms with E-state index in [1.807, 2.05) is 18.2 Å². The summed E-state index contributed by atoms with van der Waals surface area (Å²) >= 11 is 6.03. The van der Waals surface area contributed by atoms with E-state index in [4.69, 9.17) is 16.3 Å². The number of halogens is 1. The van der Waals surface area contributed by atoms with Crippen molar-refractivity contribution in [3.8, 4) is 0 Å². The van der Waals surface area contributed by atoms with E-state index in [0.29, 0.717) is 11.6 Å². The van der Waals surface area contributed by atoms with Crippen molar-refractivity contribution in [2.45, 2.75) is 6.10 Å². The van der Waals surface area contributed by atoms with Crippen molar-refractivity contribution in [2.24, 2.45) is 0 Å². The van der Waals surface area contributed by atoms with Crippen LogP contribution in [0.1, 0.15) is 11.7 Å². The Balaban J connectivity index is 1.96. The minimum absolute atomic E-state index is 0.521. The van der Waals surface area contributed by atoms with Gasteiger partial charge in [-0.25, -0.2) is 0 Å². The Morgan fingerprint density at radius 2 is 2.00 bits per heavy atom. The molecule has 1 aromatic carbocycles. The Labute approximate surface area is 101 Å². The summed E-state index contributed by atoms with van der Waals surface area (Å²) in [6.45, 7) is 3.86. The maximum atomic E-state index is 10.1. The summed E-state index contributed by atoms with van der Waals surface area (Å²) in [6.07, 6.45) is -0.521. The minimum Gasteiger partial charge on any atom is -0.387 e. The summed E-state index contributed by atoms with van der Waals surface area (Å²) in [6, 6.07) is 7.43. The number of ether oxygens (including phenoxy) is 1. The monoisotopic (exact) mass is 241 g/mol. The van der Waals surface area contributed by atoms with Gasteiger partial charge in [-0.05, 0) is 6.07 Å². The molecular formula is C12H16ClNO2. The van der Waals surface area contributed by atoms with Crippen LogP contribution in [0.2, 0.25) is 5.02 Å². The summed E-state index contributed by atoms with van der Waals surface area (Å²) in [7, 11) is 0. The molecule has 1 N–H and O–H groups in total. The lowest BCUT2D eigenvalue weighted by Crippen LogP contribution is -2.38. The predicted octanol–water partition coefficient (Wildman–Crippen LogP) is 1.71. The van der Waals surface area contributed by atoms with Gasteiger partial charge in [-0.1, -0.05) is 29.8 Å². The summed E-state index contributed by atoms with van der Waals surface area (Å²) < 4.78 is 5.26. The first-order valence-corrected chi connectivity index (χ1v) is 5.88. The zero-order valence-electron chi connectivity index (χ0n) is 9.10. The Kier molecular flexibility index (Phi) is 4.18. The number of aliphatic hydroxyl groups is 1. The van der Waals surface area contributed by atoms with E-state index in [0.717, 1.165) is 31.9 Å². The number of benzene rings is 1. The molecule has 0 spiro atoms. The normalized spacial score (nSPS) is 19.6. The Morgan fingerprint density at radius 1 is 1.31 bits per heavy atom. The van der Waals surface area contributed by atoms with Crippen molar-refractivity contribution in [1.29, 1.82) is 0 Å². The van der Waals surface area contributed by atoms with Gasteiger partial charge in [0.25, 0.3) is 0 Å². The van der Waals surface area contributed by atoms with Crippen LogP contribution in [0.3, 0.4) is 0 Å². The molecule has 88 valence electrons. The molecule has 0 bridgehead atoms. The fraction of sp³-hybridized carbons (Fsp3) is 0.500. The molecule has 0 radical (unpaired) electrons. The second kappa shape index (κ2) is 5.64. The van der Waals surface area contributed by atoms with Gasteiger partial charge in [-0.3, -0.25) is 4.90 Å². The summed E-state index contributed by atoms with van der Waals surface area (Å²) in [5.41, 5.74) is 0.802. The Hall–Kier alpha value is -0.610. The van der Waals surface area contributed by atoms with Crippen LogP contribution >= 0.6 is 11.6 Å². The molecule has 16 heavy (non-hydrogen) atoms. The zero-order chi connectivity index (χ0) is 11.4. The number of hydrogen-bond donors (Lipinski definition) is 1. The first kappa shape index (κ1) is 11.9. The van der Waals surface area contributed by atoms with Crippen molar-refractivity contribution < 1.29 is 9.84 Å². The first-order valence-electron chi connectivity index (χ1n) is 5.50. The molecular weight excluding hydrogens is 226 g/mol. The molecule has 0 amide bonds. The van der Waals surface area contributed by atoms with Gasteiger partial charge >= 0.3 is 0 Å². The molecule has 0 aromatic heterocycles. The Bertz CT molecular complexity index is 340. The molecule has 1 atom stereocenters. The lowest BCUT2D eigenvalue weighted by atomic mass is 10.1. The summed E-state index contributed by atoms with van der Waals surface area (Å²) in [5, 5.41) is 10.7. The van der Waals surface area contributed by atoms with Gasteiger partial charge in [-0.15, -0.1) is 0 Å². The quantitative estimate of drug-likeness (QED) is 0.875. The standard InChI is InChI=1S/C12H16ClNO2/c13-11-4-2-1-3-10(11)12(15)9-14-5-7-16-8-6-14/h1-4,12,15H,5-9H2/t12-/m1/s1. The van der Waals surface area contributed by atoms with E-state index < -0.39 is 6.10 Å². The molecule has 1 heterocycles. The minimum atomic E-state index is -0.521. The average Bonchev–Trinajstić information content (AvgIpc) is 2.31. The number of hydrogen-bond acceptors (Lipinski definition) is 3. The van der Waals surface area contributed by atoms with Gasteiger partial charge in [-0.2, -0.15) is 0 Å². The number of morpholine rings is 1. The maximum absolute atomic E-state index is 10.1. The van der Waals surface area contributed by atoms with E-state index >= 15 is 0 Å². The highest BCUT2D eigenvalue weighted by Gasteiger charge is 2.17. The first-order chi connectivity index (χ1) is 7.77. The maximum Gasteiger partial charge on any atom is 0.0931 e. The number of rotatable bonds is 3. The van der Waals surface area contributed by atoms with Crippen LogP contribution in [0, 0.1) is 0 Å². The second-order valence-corrected chi connectivity index (χ2v) is 4.36. The van der Waals surface area contributed by atoms with Gasteiger partial charge in [0.2, 0.25) is 0 Å². The number of β-amino-alcohol motifs (C(OH)–C–C–N with tert-alkyl or cyclic N) is 1. The van der Waals surface area contributed by atoms with Crippen LogP contribution in [0.5, 0.6) is 0 Å². The van der Waals surface area contributed by atoms with E-state index in [1.165, 1.54) is 0 Å². The van der Waals surface area contributed by atoms with Gasteiger partial charge in [0.15, 0.2) is 0 Å². The second-order valence-electron chi connectivity index (χ2n) is 3.95. The van der Waals surface area contributed by atoms with E-state index in [2.05, 4.69) is 4.90 Å². The lowest BCUT2D eigenvalue weighted by molar-refractivity contribution is 0.0143. The van der Waals surface area contributed by atoms with Crippen LogP contribution in [0.15, 0.2) is 24.3 Å². The van der Waals surface area contributed by atoms with Crippen LogP contribution in [-0.4, -0.2) is 42.9 Å². The number of nitrogens with zero attached hydrogens (tertiary/aromatic N) is 1. The van der Waals surface area contributed by atoms with E-state index in [-0.39, 0.29) is 0 Å². The molecule has 3 nitrogen and oxygen atoms in total. The van der Waals surface area contributed by atoms with Crippen molar-refractivity contribution in [2.75, 3.05) is 32.8 Å². The molecule has 2 rings (SSSR count). The highest BCUT2D eigenvalue weighted by Crippen LogP contribution is 2.23. The molecule has 1 fully saturated rings. The fourth-order valence-corrected chi connectivity index (χ4v) is 2.13. The van der Waals surface area contributed by atoms with Gasteiger partial charge in [0.1, 0.15) is 0 Å². The summed E-state index contributed by atoms with van der Waals surface area (Å²) in [5.74, 6) is 0. The van der Waals surface area contributed by atoms with Crippen LogP contribution in [0.25, 0.3) is 0 Å². The highest BCUT2D eigenvalue weighted by atomic mass is 35.5. The third-order valence-corrected chi connectivity index (χ3v) is 3.14. The molecule has 4 heteroatoms. The molecule has 1 aromatic rings. The molecule has 1 saturated heterocycles. The predicted molar refractivity (Wildman–Crippen MR) is 63.7 cm³/mol. The molecule has 1 aliphatic rings. The zero-order valence-corrected chi connectivity index (χ0v) is 9.86. The molecule has 1 aliphatic heterocycles. The molecule has 0 aliphatic carbocycles. The highest BCUT2D eigenvalue weighted by molar-refractivity contribution is 6.31. The van der Waals surface area contributed by atoms with Gasteiger partial charge in [0.05, 0.1) is 19.3 Å². The van der Waals surface area contributed by atoms with Crippen molar-refractivity contribution in [3.63, 3.8) is 0 Å². The van der Waals surface area contributed by atoms with Gasteiger partial charge < -0.3 is 9.84 Å². The van der Waals surface area contributed by atoms with Crippen LogP contribution in [-0.2, 0) is 4.74 Å². The number of aliphatic hydroxyl groups excluding tert-OH is 1. The largest absolute Gasteiger partial charge is 0.387 e. The average molecular weight is 242 g/mol. The van der Waals surface area contributed by atoms with Crippen LogP contribution < -0.4 is 0 Å². The van der Waals surface area contributed by atoms with E-state index in [1.54, 1.807) is 6.07 Å². The third kappa shape index (κ3) is 2.95. The van der Waals surface area contributed by atoms with Crippen LogP contribution in [0.4, 0.5) is 0 Å². The van der Waals surface area contributed by atoms with Gasteiger partial charge in [0, 0.05) is 30.2 Å². The molecule has 0 saturated carbocycles.